The van der Waals surface area contributed by atoms with Crippen LogP contribution in [0, 0.1) is 6.92 Å². The predicted octanol–water partition coefficient (Wildman–Crippen LogP) is 3.95. The number of fused-ring (bicyclic) bond motifs is 1. The maximum Gasteiger partial charge on any atom is 0.331 e. The zero-order valence-corrected chi connectivity index (χ0v) is 14.1. The van der Waals surface area contributed by atoms with E-state index in [1.165, 1.54) is 23.8 Å². The SMILES string of the molecule is COC(=O)C(C)(C)N1c2c(C)cccc2C(C)=CC1(C)C. The van der Waals surface area contributed by atoms with Gasteiger partial charge in [0, 0.05) is 11.3 Å². The number of aryl methyl sites for hydroxylation is 1. The molecule has 0 atom stereocenters. The summed E-state index contributed by atoms with van der Waals surface area (Å²) < 4.78 is 5.04. The van der Waals surface area contributed by atoms with Crippen molar-refractivity contribution in [3.05, 3.63) is 35.4 Å². The molecule has 0 spiro atoms. The van der Waals surface area contributed by atoms with Gasteiger partial charge in [0.1, 0.15) is 5.54 Å². The number of carbonyl (C=O) groups excluding carboxylic acids is 1. The molecule has 21 heavy (non-hydrogen) atoms. The van der Waals surface area contributed by atoms with Crippen LogP contribution in [-0.2, 0) is 9.53 Å². The lowest BCUT2D eigenvalue weighted by Crippen LogP contribution is -2.60. The van der Waals surface area contributed by atoms with Gasteiger partial charge in [-0.1, -0.05) is 24.3 Å². The van der Waals surface area contributed by atoms with Gasteiger partial charge >= 0.3 is 5.97 Å². The molecular formula is C18H25NO2. The van der Waals surface area contributed by atoms with Gasteiger partial charge in [0.25, 0.3) is 0 Å². The molecule has 114 valence electrons. The number of ether oxygens (including phenoxy) is 1. The summed E-state index contributed by atoms with van der Waals surface area (Å²) in [5.74, 6) is -0.224. The number of nitrogens with zero attached hydrogens (tertiary/aromatic N) is 1. The summed E-state index contributed by atoms with van der Waals surface area (Å²) in [4.78, 5) is 14.5. The highest BCUT2D eigenvalue weighted by atomic mass is 16.5. The monoisotopic (exact) mass is 287 g/mol. The number of esters is 1. The Hall–Kier alpha value is -1.77. The summed E-state index contributed by atoms with van der Waals surface area (Å²) in [6, 6.07) is 6.27. The van der Waals surface area contributed by atoms with E-state index >= 15 is 0 Å². The van der Waals surface area contributed by atoms with Crippen LogP contribution in [0.3, 0.4) is 0 Å². The van der Waals surface area contributed by atoms with Gasteiger partial charge in [0.05, 0.1) is 12.6 Å². The first-order chi connectivity index (χ1) is 9.63. The maximum absolute atomic E-state index is 12.3. The lowest BCUT2D eigenvalue weighted by molar-refractivity contribution is -0.146. The van der Waals surface area contributed by atoms with Crippen LogP contribution in [0.4, 0.5) is 5.69 Å². The van der Waals surface area contributed by atoms with Crippen LogP contribution in [0.5, 0.6) is 0 Å². The topological polar surface area (TPSA) is 29.5 Å². The van der Waals surface area contributed by atoms with Crippen molar-refractivity contribution in [3.8, 4) is 0 Å². The first-order valence-corrected chi connectivity index (χ1v) is 7.31. The molecule has 0 amide bonds. The van der Waals surface area contributed by atoms with E-state index in [4.69, 9.17) is 4.74 Å². The molecule has 0 N–H and O–H groups in total. The zero-order valence-electron chi connectivity index (χ0n) is 14.1. The number of rotatable bonds is 2. The molecule has 1 heterocycles. The predicted molar refractivity (Wildman–Crippen MR) is 87.5 cm³/mol. The minimum Gasteiger partial charge on any atom is -0.467 e. The van der Waals surface area contributed by atoms with Crippen LogP contribution in [0.1, 0.15) is 45.7 Å². The summed E-state index contributed by atoms with van der Waals surface area (Å²) in [5.41, 5.74) is 3.72. The molecule has 2 rings (SSSR count). The van der Waals surface area contributed by atoms with Gasteiger partial charge in [-0.05, 0) is 52.7 Å². The van der Waals surface area contributed by atoms with Gasteiger partial charge in [-0.15, -0.1) is 0 Å². The van der Waals surface area contributed by atoms with E-state index in [0.717, 1.165) is 5.69 Å². The second kappa shape index (κ2) is 4.90. The molecule has 1 aromatic carbocycles. The van der Waals surface area contributed by atoms with Crippen molar-refractivity contribution < 1.29 is 9.53 Å². The molecule has 1 aromatic rings. The second-order valence-corrected chi connectivity index (χ2v) is 6.84. The fourth-order valence-electron chi connectivity index (χ4n) is 3.58. The molecule has 0 saturated carbocycles. The number of para-hydroxylation sites is 1. The summed E-state index contributed by atoms with van der Waals surface area (Å²) in [6.07, 6.45) is 2.22. The third-order valence-electron chi connectivity index (χ3n) is 4.28. The van der Waals surface area contributed by atoms with Crippen LogP contribution in [0.25, 0.3) is 5.57 Å². The fraction of sp³-hybridized carbons (Fsp3) is 0.500. The number of benzene rings is 1. The van der Waals surface area contributed by atoms with Crippen molar-refractivity contribution in [2.45, 2.75) is 52.6 Å². The quantitative estimate of drug-likeness (QED) is 0.771. The van der Waals surface area contributed by atoms with Gasteiger partial charge in [-0.3, -0.25) is 0 Å². The minimum absolute atomic E-state index is 0.224. The fourth-order valence-corrected chi connectivity index (χ4v) is 3.58. The largest absolute Gasteiger partial charge is 0.467 e. The molecule has 0 aliphatic carbocycles. The highest BCUT2D eigenvalue weighted by molar-refractivity contribution is 5.91. The molecular weight excluding hydrogens is 262 g/mol. The Labute approximate surface area is 127 Å². The van der Waals surface area contributed by atoms with E-state index < -0.39 is 5.54 Å². The molecule has 1 aliphatic heterocycles. The highest BCUT2D eigenvalue weighted by Gasteiger charge is 2.45. The molecule has 1 aliphatic rings. The summed E-state index contributed by atoms with van der Waals surface area (Å²) in [6.45, 7) is 12.3. The van der Waals surface area contributed by atoms with Gasteiger partial charge < -0.3 is 9.64 Å². The average Bonchev–Trinajstić information content (AvgIpc) is 2.37. The van der Waals surface area contributed by atoms with Crippen molar-refractivity contribution in [1.82, 2.24) is 0 Å². The Balaban J connectivity index is 2.74. The van der Waals surface area contributed by atoms with Crippen molar-refractivity contribution in [1.29, 1.82) is 0 Å². The van der Waals surface area contributed by atoms with Crippen molar-refractivity contribution in [2.24, 2.45) is 0 Å². The number of anilines is 1. The van der Waals surface area contributed by atoms with Gasteiger partial charge in [0.2, 0.25) is 0 Å². The Kier molecular flexibility index (Phi) is 3.64. The number of carbonyl (C=O) groups is 1. The van der Waals surface area contributed by atoms with E-state index in [-0.39, 0.29) is 11.5 Å². The van der Waals surface area contributed by atoms with E-state index in [1.54, 1.807) is 0 Å². The van der Waals surface area contributed by atoms with Crippen molar-refractivity contribution >= 4 is 17.2 Å². The lowest BCUT2D eigenvalue weighted by Gasteiger charge is -2.51. The first-order valence-electron chi connectivity index (χ1n) is 7.31. The number of hydrogen-bond donors (Lipinski definition) is 0. The molecule has 0 unspecified atom stereocenters. The van der Waals surface area contributed by atoms with Crippen molar-refractivity contribution in [3.63, 3.8) is 0 Å². The number of allylic oxidation sites excluding steroid dienone is 1. The van der Waals surface area contributed by atoms with E-state index in [1.807, 2.05) is 13.8 Å². The number of methoxy groups -OCH3 is 1. The number of hydrogen-bond acceptors (Lipinski definition) is 3. The molecule has 0 fully saturated rings. The smallest absolute Gasteiger partial charge is 0.331 e. The van der Waals surface area contributed by atoms with Gasteiger partial charge in [-0.2, -0.15) is 0 Å². The third-order valence-corrected chi connectivity index (χ3v) is 4.28. The van der Waals surface area contributed by atoms with Gasteiger partial charge in [0.15, 0.2) is 0 Å². The second-order valence-electron chi connectivity index (χ2n) is 6.84. The molecule has 0 saturated heterocycles. The normalized spacial score (nSPS) is 17.1. The molecule has 0 radical (unpaired) electrons. The van der Waals surface area contributed by atoms with Crippen LogP contribution in [0.15, 0.2) is 24.3 Å². The Morgan fingerprint density at radius 1 is 1.24 bits per heavy atom. The van der Waals surface area contributed by atoms with Crippen LogP contribution in [0.2, 0.25) is 0 Å². The zero-order chi connectivity index (χ0) is 16.0. The van der Waals surface area contributed by atoms with E-state index in [2.05, 4.69) is 56.9 Å². The lowest BCUT2D eigenvalue weighted by atomic mass is 9.82. The standard InChI is InChI=1S/C18H25NO2/c1-12-9-8-10-14-13(2)11-17(3,4)19(15(12)14)18(5,6)16(20)21-7/h8-11H,1-7H3. The Morgan fingerprint density at radius 3 is 2.43 bits per heavy atom. The van der Waals surface area contributed by atoms with Crippen LogP contribution in [-0.4, -0.2) is 24.2 Å². The summed E-state index contributed by atoms with van der Waals surface area (Å²) >= 11 is 0. The first kappa shape index (κ1) is 15.6. The van der Waals surface area contributed by atoms with Crippen molar-refractivity contribution in [2.75, 3.05) is 12.0 Å². The maximum atomic E-state index is 12.3. The molecule has 3 nitrogen and oxygen atoms in total. The van der Waals surface area contributed by atoms with E-state index in [0.29, 0.717) is 0 Å². The summed E-state index contributed by atoms with van der Waals surface area (Å²) in [7, 11) is 1.45. The molecule has 0 bridgehead atoms. The summed E-state index contributed by atoms with van der Waals surface area (Å²) in [5, 5.41) is 0. The molecule has 3 heteroatoms. The van der Waals surface area contributed by atoms with Crippen LogP contribution >= 0.6 is 0 Å². The average molecular weight is 287 g/mol. The molecule has 0 aromatic heterocycles. The van der Waals surface area contributed by atoms with Gasteiger partial charge in [-0.25, -0.2) is 4.79 Å². The Bertz CT molecular complexity index is 612. The Morgan fingerprint density at radius 2 is 1.86 bits per heavy atom. The van der Waals surface area contributed by atoms with E-state index in [9.17, 15) is 4.79 Å². The highest BCUT2D eigenvalue weighted by Crippen LogP contribution is 2.44. The third kappa shape index (κ3) is 2.35. The van der Waals surface area contributed by atoms with Crippen LogP contribution < -0.4 is 4.90 Å². The minimum atomic E-state index is -0.740.